The number of nitrogens with zero attached hydrogens (tertiary/aromatic N) is 3. The summed E-state index contributed by atoms with van der Waals surface area (Å²) in [6.07, 6.45) is 3.06. The minimum atomic E-state index is -0.493. The van der Waals surface area contributed by atoms with Gasteiger partial charge in [-0.15, -0.1) is 0 Å². The minimum Gasteiger partial charge on any atom is -0.423 e. The summed E-state index contributed by atoms with van der Waals surface area (Å²) in [7, 11) is 0. The van der Waals surface area contributed by atoms with E-state index in [9.17, 15) is 14.0 Å². The molecule has 0 aliphatic heterocycles. The van der Waals surface area contributed by atoms with Gasteiger partial charge in [-0.3, -0.25) is 9.48 Å². The van der Waals surface area contributed by atoms with Crippen LogP contribution in [0.15, 0.2) is 90.2 Å². The van der Waals surface area contributed by atoms with E-state index >= 15 is 0 Å². The number of hydrazone groups is 1. The van der Waals surface area contributed by atoms with E-state index in [1.807, 2.05) is 19.1 Å². The number of ether oxygens (including phenoxy) is 1. The number of halogens is 1. The number of benzene rings is 3. The molecule has 8 heteroatoms. The summed E-state index contributed by atoms with van der Waals surface area (Å²) in [5.74, 6) is -0.869. The van der Waals surface area contributed by atoms with Crippen molar-refractivity contribution in [1.82, 2.24) is 15.2 Å². The molecule has 1 aromatic heterocycles. The molecule has 0 radical (unpaired) electrons. The number of amides is 1. The summed E-state index contributed by atoms with van der Waals surface area (Å²) in [6.45, 7) is 2.16. The van der Waals surface area contributed by atoms with Crippen molar-refractivity contribution in [3.05, 3.63) is 119 Å². The summed E-state index contributed by atoms with van der Waals surface area (Å²) >= 11 is 0. The van der Waals surface area contributed by atoms with Crippen LogP contribution in [0.1, 0.15) is 37.5 Å². The molecule has 0 saturated heterocycles. The molecule has 0 saturated carbocycles. The maximum Gasteiger partial charge on any atom is 0.343 e. The van der Waals surface area contributed by atoms with Crippen molar-refractivity contribution in [3.63, 3.8) is 0 Å². The Morgan fingerprint density at radius 3 is 2.50 bits per heavy atom. The highest BCUT2D eigenvalue weighted by atomic mass is 19.1. The monoisotopic (exact) mass is 456 g/mol. The van der Waals surface area contributed by atoms with E-state index in [4.69, 9.17) is 4.74 Å². The van der Waals surface area contributed by atoms with Crippen molar-refractivity contribution in [3.8, 4) is 5.75 Å². The Bertz CT molecular complexity index is 1330. The standard InChI is InChI=1S/C26H21FN4O3/c1-18-6-10-20(11-7-18)26(33)34-22-12-8-19(9-13-22)16-28-29-25(32)24-14-15-31(30-24)17-21-4-2-3-5-23(21)27/h2-16H,17H2,1H3,(H,29,32)/b28-16+. The van der Waals surface area contributed by atoms with E-state index in [0.717, 1.165) is 5.56 Å². The number of hydrogen-bond donors (Lipinski definition) is 1. The minimum absolute atomic E-state index is 0.159. The molecule has 0 aliphatic rings. The third kappa shape index (κ3) is 5.80. The lowest BCUT2D eigenvalue weighted by Crippen LogP contribution is -2.18. The summed E-state index contributed by atoms with van der Waals surface area (Å²) in [5, 5.41) is 8.09. The summed E-state index contributed by atoms with van der Waals surface area (Å²) < 4.78 is 20.6. The molecule has 0 fully saturated rings. The highest BCUT2D eigenvalue weighted by Crippen LogP contribution is 2.14. The van der Waals surface area contributed by atoms with Crippen molar-refractivity contribution in [2.45, 2.75) is 13.5 Å². The van der Waals surface area contributed by atoms with E-state index in [-0.39, 0.29) is 18.1 Å². The molecule has 4 aromatic rings. The zero-order valence-corrected chi connectivity index (χ0v) is 18.3. The number of aryl methyl sites for hydroxylation is 1. The predicted molar refractivity (Wildman–Crippen MR) is 125 cm³/mol. The average Bonchev–Trinajstić information content (AvgIpc) is 3.31. The fourth-order valence-electron chi connectivity index (χ4n) is 3.07. The molecule has 1 amide bonds. The molecule has 1 heterocycles. The van der Waals surface area contributed by atoms with Gasteiger partial charge in [0.2, 0.25) is 0 Å². The van der Waals surface area contributed by atoms with Gasteiger partial charge in [-0.25, -0.2) is 14.6 Å². The first-order valence-corrected chi connectivity index (χ1v) is 10.5. The molecule has 3 aromatic carbocycles. The average molecular weight is 456 g/mol. The van der Waals surface area contributed by atoms with Gasteiger partial charge < -0.3 is 4.74 Å². The third-order valence-electron chi connectivity index (χ3n) is 4.92. The van der Waals surface area contributed by atoms with Gasteiger partial charge in [0, 0.05) is 11.8 Å². The van der Waals surface area contributed by atoms with Crippen LogP contribution < -0.4 is 10.2 Å². The molecule has 0 unspecified atom stereocenters. The molecule has 0 atom stereocenters. The third-order valence-corrected chi connectivity index (χ3v) is 4.92. The quantitative estimate of drug-likeness (QED) is 0.194. The van der Waals surface area contributed by atoms with Crippen molar-refractivity contribution >= 4 is 18.1 Å². The molecule has 0 bridgehead atoms. The van der Waals surface area contributed by atoms with Crippen LogP contribution >= 0.6 is 0 Å². The lowest BCUT2D eigenvalue weighted by atomic mass is 10.1. The van der Waals surface area contributed by atoms with Crippen LogP contribution in [0.25, 0.3) is 0 Å². The van der Waals surface area contributed by atoms with E-state index in [0.29, 0.717) is 22.4 Å². The molecule has 0 aliphatic carbocycles. The first-order valence-electron chi connectivity index (χ1n) is 10.5. The van der Waals surface area contributed by atoms with Crippen LogP contribution in [-0.4, -0.2) is 27.9 Å². The van der Waals surface area contributed by atoms with Crippen LogP contribution in [0.4, 0.5) is 4.39 Å². The van der Waals surface area contributed by atoms with Crippen molar-refractivity contribution in [2.24, 2.45) is 5.10 Å². The lowest BCUT2D eigenvalue weighted by Gasteiger charge is -2.05. The van der Waals surface area contributed by atoms with E-state index in [1.165, 1.54) is 23.0 Å². The number of nitrogens with one attached hydrogen (secondary N) is 1. The zero-order valence-electron chi connectivity index (χ0n) is 18.3. The Kier molecular flexibility index (Phi) is 6.88. The molecule has 0 spiro atoms. The van der Waals surface area contributed by atoms with Crippen molar-refractivity contribution < 1.29 is 18.7 Å². The van der Waals surface area contributed by atoms with Crippen LogP contribution in [0, 0.1) is 12.7 Å². The first-order chi connectivity index (χ1) is 16.5. The number of esters is 1. The topological polar surface area (TPSA) is 85.6 Å². The molecular formula is C26H21FN4O3. The Labute approximate surface area is 195 Å². The maximum absolute atomic E-state index is 13.8. The number of hydrogen-bond acceptors (Lipinski definition) is 5. The molecule has 4 rings (SSSR count). The fourth-order valence-corrected chi connectivity index (χ4v) is 3.07. The lowest BCUT2D eigenvalue weighted by molar-refractivity contribution is 0.0734. The second-order valence-corrected chi connectivity index (χ2v) is 7.51. The largest absolute Gasteiger partial charge is 0.423 e. The molecule has 34 heavy (non-hydrogen) atoms. The second kappa shape index (κ2) is 10.4. The van der Waals surface area contributed by atoms with Gasteiger partial charge in [-0.1, -0.05) is 35.9 Å². The van der Waals surface area contributed by atoms with Crippen LogP contribution in [0.2, 0.25) is 0 Å². The second-order valence-electron chi connectivity index (χ2n) is 7.51. The van der Waals surface area contributed by atoms with Gasteiger partial charge in [0.1, 0.15) is 11.6 Å². The Balaban J connectivity index is 1.30. The van der Waals surface area contributed by atoms with Crippen molar-refractivity contribution in [1.29, 1.82) is 0 Å². The SMILES string of the molecule is Cc1ccc(C(=O)Oc2ccc(/C=N/NC(=O)c3ccn(Cc4ccccc4F)n3)cc2)cc1. The zero-order chi connectivity index (χ0) is 23.9. The Morgan fingerprint density at radius 2 is 1.76 bits per heavy atom. The van der Waals surface area contributed by atoms with E-state index in [2.05, 4.69) is 15.6 Å². The number of rotatable bonds is 7. The molecule has 1 N–H and O–H groups in total. The maximum atomic E-state index is 13.8. The predicted octanol–water partition coefficient (Wildman–Crippen LogP) is 4.36. The highest BCUT2D eigenvalue weighted by Gasteiger charge is 2.10. The smallest absolute Gasteiger partial charge is 0.343 e. The van der Waals surface area contributed by atoms with Crippen LogP contribution in [-0.2, 0) is 6.54 Å². The van der Waals surface area contributed by atoms with E-state index < -0.39 is 11.9 Å². The van der Waals surface area contributed by atoms with E-state index in [1.54, 1.807) is 60.8 Å². The van der Waals surface area contributed by atoms with Gasteiger partial charge in [-0.05, 0) is 61.0 Å². The van der Waals surface area contributed by atoms with Gasteiger partial charge >= 0.3 is 5.97 Å². The van der Waals surface area contributed by atoms with Crippen LogP contribution in [0.3, 0.4) is 0 Å². The summed E-state index contributed by atoms with van der Waals surface area (Å²) in [5.41, 5.74) is 5.26. The molecular weight excluding hydrogens is 435 g/mol. The molecule has 170 valence electrons. The highest BCUT2D eigenvalue weighted by molar-refractivity contribution is 5.93. The summed E-state index contributed by atoms with van der Waals surface area (Å²) in [6, 6.07) is 21.7. The Hall–Kier alpha value is -4.59. The normalized spacial score (nSPS) is 10.9. The van der Waals surface area contributed by atoms with Crippen LogP contribution in [0.5, 0.6) is 5.75 Å². The number of carbonyl (C=O) groups is 2. The fraction of sp³-hybridized carbons (Fsp3) is 0.0769. The van der Waals surface area contributed by atoms with Gasteiger partial charge in [0.25, 0.3) is 5.91 Å². The molecule has 7 nitrogen and oxygen atoms in total. The van der Waals surface area contributed by atoms with Gasteiger partial charge in [0.15, 0.2) is 5.69 Å². The first kappa shape index (κ1) is 22.6. The number of carbonyl (C=O) groups excluding carboxylic acids is 2. The Morgan fingerprint density at radius 1 is 1.03 bits per heavy atom. The van der Waals surface area contributed by atoms with Gasteiger partial charge in [-0.2, -0.15) is 10.2 Å². The summed E-state index contributed by atoms with van der Waals surface area (Å²) in [4.78, 5) is 24.5. The number of aromatic nitrogens is 2. The van der Waals surface area contributed by atoms with Crippen molar-refractivity contribution in [2.75, 3.05) is 0 Å². The van der Waals surface area contributed by atoms with Gasteiger partial charge in [0.05, 0.1) is 18.3 Å².